The smallest absolute Gasteiger partial charge is 0.303 e. The minimum Gasteiger partial charge on any atom is -0.481 e. The highest BCUT2D eigenvalue weighted by Crippen LogP contribution is 2.39. The molecular formula is C22H27FN2O2. The Kier molecular flexibility index (Phi) is 5.78. The number of anilines is 1. The summed E-state index contributed by atoms with van der Waals surface area (Å²) < 4.78 is 13.6. The summed E-state index contributed by atoms with van der Waals surface area (Å²) in [6.45, 7) is 1.93. The first kappa shape index (κ1) is 19.3. The van der Waals surface area contributed by atoms with Crippen molar-refractivity contribution in [1.82, 2.24) is 4.98 Å². The van der Waals surface area contributed by atoms with Crippen LogP contribution in [0, 0.1) is 18.7 Å². The average Bonchev–Trinajstić information content (AvgIpc) is 2.61. The van der Waals surface area contributed by atoms with Crippen molar-refractivity contribution < 1.29 is 14.3 Å². The molecule has 1 aliphatic rings. The van der Waals surface area contributed by atoms with E-state index in [1.807, 2.05) is 38.2 Å². The fraction of sp³-hybridized carbons (Fsp3) is 0.455. The van der Waals surface area contributed by atoms with Crippen molar-refractivity contribution in [3.8, 4) is 11.1 Å². The van der Waals surface area contributed by atoms with Crippen LogP contribution in [0.4, 0.5) is 10.1 Å². The Morgan fingerprint density at radius 1 is 1.19 bits per heavy atom. The molecule has 1 aromatic carbocycles. The van der Waals surface area contributed by atoms with Gasteiger partial charge in [0.25, 0.3) is 0 Å². The summed E-state index contributed by atoms with van der Waals surface area (Å²) in [6, 6.07) is 7.03. The van der Waals surface area contributed by atoms with Crippen molar-refractivity contribution in [3.05, 3.63) is 47.5 Å². The number of aryl methyl sites for hydroxylation is 1. The molecule has 0 unspecified atom stereocenters. The molecule has 1 N–H and O–H groups in total. The molecule has 0 saturated heterocycles. The number of carbonyl (C=O) groups is 1. The lowest BCUT2D eigenvalue weighted by Crippen LogP contribution is -2.17. The second-order valence-electron chi connectivity index (χ2n) is 7.80. The predicted octanol–water partition coefficient (Wildman–Crippen LogP) is 5.01. The molecule has 2 aromatic rings. The Labute approximate surface area is 160 Å². The van der Waals surface area contributed by atoms with Crippen molar-refractivity contribution in [1.29, 1.82) is 0 Å². The van der Waals surface area contributed by atoms with E-state index in [1.54, 1.807) is 6.07 Å². The lowest BCUT2D eigenvalue weighted by atomic mass is 9.78. The molecule has 0 aliphatic heterocycles. The van der Waals surface area contributed by atoms with Crippen LogP contribution in [0.3, 0.4) is 0 Å². The lowest BCUT2D eigenvalue weighted by molar-refractivity contribution is -0.138. The number of aromatic nitrogens is 1. The van der Waals surface area contributed by atoms with Crippen LogP contribution in [0.2, 0.25) is 0 Å². The summed E-state index contributed by atoms with van der Waals surface area (Å²) in [5.41, 5.74) is 5.04. The minimum absolute atomic E-state index is 0.228. The summed E-state index contributed by atoms with van der Waals surface area (Å²) in [5, 5.41) is 9.00. The summed E-state index contributed by atoms with van der Waals surface area (Å²) in [6.07, 6.45) is 5.96. The van der Waals surface area contributed by atoms with Crippen LogP contribution >= 0.6 is 0 Å². The number of carboxylic acid groups (broad SMARTS) is 1. The fourth-order valence-corrected chi connectivity index (χ4v) is 4.10. The van der Waals surface area contributed by atoms with Crippen LogP contribution in [0.1, 0.15) is 49.3 Å². The zero-order valence-corrected chi connectivity index (χ0v) is 16.2. The van der Waals surface area contributed by atoms with E-state index in [1.165, 1.54) is 6.07 Å². The first-order chi connectivity index (χ1) is 12.8. The third-order valence-corrected chi connectivity index (χ3v) is 5.59. The monoisotopic (exact) mass is 370 g/mol. The molecule has 1 aliphatic carbocycles. The predicted molar refractivity (Wildman–Crippen MR) is 106 cm³/mol. The molecule has 0 bridgehead atoms. The first-order valence-corrected chi connectivity index (χ1v) is 9.50. The second kappa shape index (κ2) is 8.07. The van der Waals surface area contributed by atoms with Crippen LogP contribution in [-0.4, -0.2) is 30.2 Å². The van der Waals surface area contributed by atoms with E-state index in [-0.39, 0.29) is 18.2 Å². The molecule has 4 nitrogen and oxygen atoms in total. The van der Waals surface area contributed by atoms with Gasteiger partial charge in [-0.25, -0.2) is 4.39 Å². The van der Waals surface area contributed by atoms with Crippen LogP contribution in [0.25, 0.3) is 11.1 Å². The maximum atomic E-state index is 13.6. The van der Waals surface area contributed by atoms with Gasteiger partial charge < -0.3 is 10.0 Å². The first-order valence-electron chi connectivity index (χ1n) is 9.50. The molecule has 1 heterocycles. The number of halogens is 1. The number of aliphatic carboxylic acids is 1. The third kappa shape index (κ3) is 4.46. The third-order valence-electron chi connectivity index (χ3n) is 5.59. The van der Waals surface area contributed by atoms with Gasteiger partial charge in [0, 0.05) is 37.7 Å². The SMILES string of the molecule is Cc1cc(F)ccc1-c1cc(C2CCC(CC(=O)O)CC2)ncc1N(C)C. The van der Waals surface area contributed by atoms with Gasteiger partial charge in [-0.15, -0.1) is 0 Å². The topological polar surface area (TPSA) is 53.4 Å². The largest absolute Gasteiger partial charge is 0.481 e. The van der Waals surface area contributed by atoms with Gasteiger partial charge in [0.2, 0.25) is 0 Å². The van der Waals surface area contributed by atoms with Crippen molar-refractivity contribution in [2.45, 2.75) is 44.9 Å². The molecular weight excluding hydrogens is 343 g/mol. The summed E-state index contributed by atoms with van der Waals surface area (Å²) in [4.78, 5) is 17.7. The van der Waals surface area contributed by atoms with Crippen molar-refractivity contribution in [3.63, 3.8) is 0 Å². The van der Waals surface area contributed by atoms with Gasteiger partial charge in [0.15, 0.2) is 0 Å². The van der Waals surface area contributed by atoms with E-state index in [9.17, 15) is 9.18 Å². The standard InChI is InChI=1S/C22H27FN2O2/c1-14-10-17(23)8-9-18(14)19-12-20(24-13-21(19)25(2)3)16-6-4-15(5-7-16)11-22(26)27/h8-10,12-13,15-16H,4-7,11H2,1-3H3,(H,26,27). The number of benzene rings is 1. The van der Waals surface area contributed by atoms with Gasteiger partial charge in [-0.05, 0) is 67.9 Å². The van der Waals surface area contributed by atoms with E-state index in [0.717, 1.165) is 53.8 Å². The van der Waals surface area contributed by atoms with Gasteiger partial charge in [-0.1, -0.05) is 6.07 Å². The number of hydrogen-bond donors (Lipinski definition) is 1. The van der Waals surface area contributed by atoms with Crippen LogP contribution < -0.4 is 4.90 Å². The molecule has 1 saturated carbocycles. The van der Waals surface area contributed by atoms with E-state index in [4.69, 9.17) is 10.1 Å². The maximum Gasteiger partial charge on any atom is 0.303 e. The average molecular weight is 370 g/mol. The van der Waals surface area contributed by atoms with Gasteiger partial charge >= 0.3 is 5.97 Å². The van der Waals surface area contributed by atoms with Gasteiger partial charge in [-0.2, -0.15) is 0 Å². The Morgan fingerprint density at radius 3 is 2.48 bits per heavy atom. The zero-order valence-electron chi connectivity index (χ0n) is 16.2. The minimum atomic E-state index is -0.707. The molecule has 1 aromatic heterocycles. The molecule has 0 radical (unpaired) electrons. The number of rotatable bonds is 5. The van der Waals surface area contributed by atoms with Crippen LogP contribution in [-0.2, 0) is 4.79 Å². The Bertz CT molecular complexity index is 827. The fourth-order valence-electron chi connectivity index (χ4n) is 4.10. The number of nitrogens with zero attached hydrogens (tertiary/aromatic N) is 2. The molecule has 5 heteroatoms. The van der Waals surface area contributed by atoms with Crippen molar-refractivity contribution >= 4 is 11.7 Å². The Morgan fingerprint density at radius 2 is 1.89 bits per heavy atom. The van der Waals surface area contributed by atoms with E-state index >= 15 is 0 Å². The van der Waals surface area contributed by atoms with Crippen LogP contribution in [0.5, 0.6) is 0 Å². The quantitative estimate of drug-likeness (QED) is 0.804. The molecule has 1 fully saturated rings. The molecule has 3 rings (SSSR count). The molecule has 144 valence electrons. The van der Waals surface area contributed by atoms with E-state index in [2.05, 4.69) is 6.07 Å². The van der Waals surface area contributed by atoms with E-state index < -0.39 is 5.97 Å². The maximum absolute atomic E-state index is 13.6. The van der Waals surface area contributed by atoms with Gasteiger partial charge in [-0.3, -0.25) is 9.78 Å². The normalized spacial score (nSPS) is 19.7. The molecule has 0 amide bonds. The molecule has 27 heavy (non-hydrogen) atoms. The number of pyridine rings is 1. The highest BCUT2D eigenvalue weighted by atomic mass is 19.1. The van der Waals surface area contributed by atoms with Crippen LogP contribution in [0.15, 0.2) is 30.5 Å². The summed E-state index contributed by atoms with van der Waals surface area (Å²) in [5.74, 6) is -0.306. The van der Waals surface area contributed by atoms with Crippen molar-refractivity contribution in [2.24, 2.45) is 5.92 Å². The lowest BCUT2D eigenvalue weighted by Gasteiger charge is -2.28. The number of carboxylic acids is 1. The van der Waals surface area contributed by atoms with Crippen molar-refractivity contribution in [2.75, 3.05) is 19.0 Å². The van der Waals surface area contributed by atoms with Gasteiger partial charge in [0.1, 0.15) is 5.82 Å². The highest BCUT2D eigenvalue weighted by molar-refractivity contribution is 5.80. The Hall–Kier alpha value is -2.43. The summed E-state index contributed by atoms with van der Waals surface area (Å²) >= 11 is 0. The molecule has 0 spiro atoms. The van der Waals surface area contributed by atoms with E-state index in [0.29, 0.717) is 5.92 Å². The zero-order chi connectivity index (χ0) is 19.6. The Balaban J connectivity index is 1.89. The highest BCUT2D eigenvalue weighted by Gasteiger charge is 2.25. The molecule has 0 atom stereocenters. The van der Waals surface area contributed by atoms with Gasteiger partial charge in [0.05, 0.1) is 11.9 Å². The number of hydrogen-bond acceptors (Lipinski definition) is 3. The second-order valence-corrected chi connectivity index (χ2v) is 7.80. The summed E-state index contributed by atoms with van der Waals surface area (Å²) in [7, 11) is 3.96.